The fourth-order valence-electron chi connectivity index (χ4n) is 4.29. The Labute approximate surface area is 249 Å². The van der Waals surface area contributed by atoms with Gasteiger partial charge in [0.25, 0.3) is 10.0 Å². The number of anilines is 1. The molecule has 0 aromatic heterocycles. The van der Waals surface area contributed by atoms with Crippen LogP contribution >= 0.6 is 23.2 Å². The molecular weight excluding hydrogens is 610 g/mol. The van der Waals surface area contributed by atoms with Gasteiger partial charge in [-0.15, -0.1) is 0 Å². The molecule has 1 unspecified atom stereocenters. The highest BCUT2D eigenvalue weighted by atomic mass is 35.5. The van der Waals surface area contributed by atoms with Gasteiger partial charge in [-0.25, -0.2) is 21.2 Å². The average molecular weight is 640 g/mol. The van der Waals surface area contributed by atoms with E-state index >= 15 is 4.39 Å². The summed E-state index contributed by atoms with van der Waals surface area (Å²) in [4.78, 5) is 4.54. The van der Waals surface area contributed by atoms with Gasteiger partial charge in [0, 0.05) is 28.3 Å². The van der Waals surface area contributed by atoms with E-state index in [0.29, 0.717) is 21.3 Å². The molecular formula is C28H29Cl2FN4O4S2. The average Bonchev–Trinajstić information content (AvgIpc) is 3.33. The lowest BCUT2D eigenvalue weighted by Gasteiger charge is -2.24. The third-order valence-electron chi connectivity index (χ3n) is 6.43. The minimum Gasteiger partial charge on any atom is -0.262 e. The monoisotopic (exact) mass is 638 g/mol. The standard InChI is InChI=1S/C28H29Cl2FN4O4S2/c1-18(2)26(17-40(3,36)37)32-28(34-41(38,39)22-14-10-20(30)11-15-22)25-16-27(23-6-4-5-7-24(23)31)35(33-25)21-12-8-19(29)9-13-21/h4-15,18,26-27H,16-17H2,1-3H3,(H,32,34)/t26-,27?/m1/s1. The van der Waals surface area contributed by atoms with Gasteiger partial charge in [-0.2, -0.15) is 5.10 Å². The van der Waals surface area contributed by atoms with E-state index < -0.39 is 37.8 Å². The van der Waals surface area contributed by atoms with Crippen molar-refractivity contribution in [3.63, 3.8) is 0 Å². The molecule has 0 fully saturated rings. The lowest BCUT2D eigenvalue weighted by Crippen LogP contribution is -2.38. The molecule has 0 radical (unpaired) electrons. The Morgan fingerprint density at radius 1 is 1.00 bits per heavy atom. The number of sulfonamides is 1. The first-order valence-corrected chi connectivity index (χ1v) is 16.9. The van der Waals surface area contributed by atoms with E-state index in [-0.39, 0.29) is 34.5 Å². The van der Waals surface area contributed by atoms with Crippen LogP contribution < -0.4 is 9.73 Å². The fraction of sp³-hybridized carbons (Fsp3) is 0.286. The first-order chi connectivity index (χ1) is 19.2. The van der Waals surface area contributed by atoms with E-state index in [4.69, 9.17) is 28.3 Å². The number of aliphatic imine (C=N–C) groups is 1. The normalized spacial score (nSPS) is 17.0. The smallest absolute Gasteiger partial charge is 0.262 e. The van der Waals surface area contributed by atoms with Gasteiger partial charge < -0.3 is 0 Å². The summed E-state index contributed by atoms with van der Waals surface area (Å²) in [7, 11) is -7.65. The number of benzene rings is 3. The molecule has 13 heteroatoms. The Bertz CT molecular complexity index is 1680. The van der Waals surface area contributed by atoms with Gasteiger partial charge >= 0.3 is 0 Å². The Morgan fingerprint density at radius 2 is 1.59 bits per heavy atom. The van der Waals surface area contributed by atoms with Crippen LogP contribution in [0.25, 0.3) is 0 Å². The number of hydrogen-bond donors (Lipinski definition) is 1. The zero-order chi connectivity index (χ0) is 29.9. The second-order valence-electron chi connectivity index (χ2n) is 10.1. The summed E-state index contributed by atoms with van der Waals surface area (Å²) in [6.45, 7) is 3.59. The van der Waals surface area contributed by atoms with Crippen LogP contribution in [-0.4, -0.2) is 46.4 Å². The lowest BCUT2D eigenvalue weighted by molar-refractivity contribution is 0.519. The molecule has 0 saturated carbocycles. The molecule has 0 amide bonds. The Balaban J connectivity index is 1.85. The highest BCUT2D eigenvalue weighted by Crippen LogP contribution is 2.37. The van der Waals surface area contributed by atoms with Crippen molar-refractivity contribution in [1.29, 1.82) is 0 Å². The van der Waals surface area contributed by atoms with Crippen molar-refractivity contribution in [3.05, 3.63) is 94.2 Å². The number of hydrogen-bond acceptors (Lipinski definition) is 7. The fourth-order valence-corrected chi connectivity index (χ4v) is 6.66. The van der Waals surface area contributed by atoms with E-state index in [0.717, 1.165) is 6.26 Å². The van der Waals surface area contributed by atoms with Crippen LogP contribution in [0.4, 0.5) is 10.1 Å². The van der Waals surface area contributed by atoms with Crippen LogP contribution in [0.3, 0.4) is 0 Å². The molecule has 2 atom stereocenters. The van der Waals surface area contributed by atoms with E-state index in [1.165, 1.54) is 30.3 Å². The number of amidine groups is 1. The van der Waals surface area contributed by atoms with E-state index in [1.54, 1.807) is 61.3 Å². The summed E-state index contributed by atoms with van der Waals surface area (Å²) >= 11 is 12.0. The van der Waals surface area contributed by atoms with Crippen molar-refractivity contribution < 1.29 is 21.2 Å². The Kier molecular flexibility index (Phi) is 9.42. The largest absolute Gasteiger partial charge is 0.263 e. The summed E-state index contributed by atoms with van der Waals surface area (Å²) in [5.74, 6) is -1.14. The number of rotatable bonds is 9. The van der Waals surface area contributed by atoms with Crippen molar-refractivity contribution in [1.82, 2.24) is 4.72 Å². The molecule has 0 bridgehead atoms. The zero-order valence-corrected chi connectivity index (χ0v) is 25.6. The van der Waals surface area contributed by atoms with Crippen molar-refractivity contribution in [2.75, 3.05) is 17.0 Å². The molecule has 1 heterocycles. The van der Waals surface area contributed by atoms with Crippen molar-refractivity contribution in [2.24, 2.45) is 16.0 Å². The summed E-state index contributed by atoms with van der Waals surface area (Å²) in [6.07, 6.45) is 1.17. The second kappa shape index (κ2) is 12.5. The number of hydrazone groups is 1. The van der Waals surface area contributed by atoms with Crippen LogP contribution in [0, 0.1) is 11.7 Å². The van der Waals surface area contributed by atoms with Gasteiger partial charge in [0.15, 0.2) is 5.84 Å². The zero-order valence-electron chi connectivity index (χ0n) is 22.5. The molecule has 4 rings (SSSR count). The van der Waals surface area contributed by atoms with Crippen molar-refractivity contribution in [2.45, 2.75) is 37.2 Å². The molecule has 8 nitrogen and oxygen atoms in total. The van der Waals surface area contributed by atoms with Crippen LogP contribution in [0.2, 0.25) is 10.0 Å². The molecule has 3 aromatic carbocycles. The van der Waals surface area contributed by atoms with E-state index in [2.05, 4.69) is 9.71 Å². The second-order valence-corrected chi connectivity index (χ2v) is 14.8. The molecule has 3 aromatic rings. The molecule has 1 aliphatic heterocycles. The van der Waals surface area contributed by atoms with Crippen LogP contribution in [0.15, 0.2) is 87.8 Å². The first kappa shape index (κ1) is 31.0. The topological polar surface area (TPSA) is 108 Å². The maximum Gasteiger partial charge on any atom is 0.263 e. The van der Waals surface area contributed by atoms with Gasteiger partial charge in [0.1, 0.15) is 21.4 Å². The van der Waals surface area contributed by atoms with Gasteiger partial charge in [-0.3, -0.25) is 14.7 Å². The summed E-state index contributed by atoms with van der Waals surface area (Å²) in [6, 6.07) is 17.2. The molecule has 0 aliphatic carbocycles. The highest BCUT2D eigenvalue weighted by Gasteiger charge is 2.35. The van der Waals surface area contributed by atoms with Crippen LogP contribution in [0.1, 0.15) is 31.9 Å². The van der Waals surface area contributed by atoms with Gasteiger partial charge in [0.05, 0.1) is 28.4 Å². The number of nitrogens with zero attached hydrogens (tertiary/aromatic N) is 3. The first-order valence-electron chi connectivity index (χ1n) is 12.6. The molecule has 1 N–H and O–H groups in total. The minimum atomic E-state index is -4.19. The Hall–Kier alpha value is -2.99. The van der Waals surface area contributed by atoms with Crippen LogP contribution in [-0.2, 0) is 19.9 Å². The maximum atomic E-state index is 15.0. The van der Waals surface area contributed by atoms with E-state index in [1.807, 2.05) is 0 Å². The van der Waals surface area contributed by atoms with Gasteiger partial charge in [-0.1, -0.05) is 55.2 Å². The number of halogens is 3. The van der Waals surface area contributed by atoms with Crippen molar-refractivity contribution >= 4 is 60.3 Å². The van der Waals surface area contributed by atoms with Gasteiger partial charge in [0.2, 0.25) is 0 Å². The quantitative estimate of drug-likeness (QED) is 0.232. The third-order valence-corrected chi connectivity index (χ3v) is 9.24. The van der Waals surface area contributed by atoms with Crippen molar-refractivity contribution in [3.8, 4) is 0 Å². The number of sulfone groups is 1. The lowest BCUT2D eigenvalue weighted by atomic mass is 10.00. The molecule has 0 spiro atoms. The van der Waals surface area contributed by atoms with Crippen LogP contribution in [0.5, 0.6) is 0 Å². The molecule has 0 saturated heterocycles. The highest BCUT2D eigenvalue weighted by molar-refractivity contribution is 7.90. The summed E-state index contributed by atoms with van der Waals surface area (Å²) in [5, 5.41) is 7.14. The molecule has 1 aliphatic rings. The van der Waals surface area contributed by atoms with Gasteiger partial charge in [-0.05, 0) is 60.5 Å². The summed E-state index contributed by atoms with van der Waals surface area (Å²) < 4.78 is 68.9. The SMILES string of the molecule is CC(C)[C@@H](CS(C)(=O)=O)N=C(NS(=O)(=O)c1ccc(Cl)cc1)C1=NN(c2ccc(Cl)cc2)C(c2ccccc2F)C1. The molecule has 41 heavy (non-hydrogen) atoms. The predicted molar refractivity (Wildman–Crippen MR) is 163 cm³/mol. The maximum absolute atomic E-state index is 15.0. The molecule has 218 valence electrons. The van der Waals surface area contributed by atoms with E-state index in [9.17, 15) is 16.8 Å². The summed E-state index contributed by atoms with van der Waals surface area (Å²) in [5.41, 5.74) is 1.15. The third kappa shape index (κ3) is 7.85. The Morgan fingerprint density at radius 3 is 2.15 bits per heavy atom. The number of nitrogens with one attached hydrogen (secondary N) is 1. The minimum absolute atomic E-state index is 0.0716. The predicted octanol–water partition coefficient (Wildman–Crippen LogP) is 5.89.